The number of nitrogens with zero attached hydrogens (tertiary/aromatic N) is 1. The number of halogens is 2. The molecule has 0 saturated heterocycles. The predicted molar refractivity (Wildman–Crippen MR) is 68.5 cm³/mol. The predicted octanol–water partition coefficient (Wildman–Crippen LogP) is 4.13. The summed E-state index contributed by atoms with van der Waals surface area (Å²) in [6, 6.07) is 11.3. The van der Waals surface area contributed by atoms with Gasteiger partial charge in [0.25, 0.3) is 0 Å². The topological polar surface area (TPSA) is 22.1 Å². The van der Waals surface area contributed by atoms with Crippen molar-refractivity contribution in [2.45, 2.75) is 0 Å². The van der Waals surface area contributed by atoms with Gasteiger partial charge >= 0.3 is 0 Å². The molecule has 0 aliphatic heterocycles. The van der Waals surface area contributed by atoms with Crippen molar-refractivity contribution in [2.75, 3.05) is 0 Å². The number of benzene rings is 1. The number of hydrogen-bond acceptors (Lipinski definition) is 2. The summed E-state index contributed by atoms with van der Waals surface area (Å²) in [5, 5.41) is 0.429. The maximum atomic E-state index is 5.76. The van der Waals surface area contributed by atoms with Gasteiger partial charge in [-0.3, -0.25) is 0 Å². The number of aromatic nitrogens is 1. The van der Waals surface area contributed by atoms with Crippen molar-refractivity contribution in [3.8, 4) is 11.5 Å². The molecule has 0 fully saturated rings. The molecule has 0 radical (unpaired) electrons. The van der Waals surface area contributed by atoms with E-state index in [4.69, 9.17) is 16.3 Å². The highest BCUT2D eigenvalue weighted by Crippen LogP contribution is 2.26. The van der Waals surface area contributed by atoms with Crippen LogP contribution in [-0.2, 0) is 0 Å². The van der Waals surface area contributed by atoms with E-state index in [2.05, 4.69) is 27.6 Å². The van der Waals surface area contributed by atoms with E-state index >= 15 is 0 Å². The van der Waals surface area contributed by atoms with Crippen LogP contribution in [0.3, 0.4) is 0 Å². The Labute approximate surface area is 106 Å². The molecule has 0 atom stereocenters. The standard InChI is InChI=1S/C11H7ClINO/c12-11-7-8(5-6-14-11)15-10-4-2-1-3-9(10)13/h1-7H. The Morgan fingerprint density at radius 1 is 1.20 bits per heavy atom. The third-order valence-electron chi connectivity index (χ3n) is 1.76. The van der Waals surface area contributed by atoms with Crippen molar-refractivity contribution in [2.24, 2.45) is 0 Å². The highest BCUT2D eigenvalue weighted by Gasteiger charge is 2.01. The van der Waals surface area contributed by atoms with Gasteiger partial charge in [0, 0.05) is 12.3 Å². The quantitative estimate of drug-likeness (QED) is 0.610. The van der Waals surface area contributed by atoms with Gasteiger partial charge in [-0.25, -0.2) is 4.98 Å². The average Bonchev–Trinajstić information content (AvgIpc) is 2.22. The number of para-hydroxylation sites is 1. The molecule has 0 saturated carbocycles. The minimum atomic E-state index is 0.429. The van der Waals surface area contributed by atoms with Gasteiger partial charge in [0.1, 0.15) is 16.7 Å². The Morgan fingerprint density at radius 3 is 2.73 bits per heavy atom. The zero-order valence-corrected chi connectivity index (χ0v) is 10.6. The summed E-state index contributed by atoms with van der Waals surface area (Å²) < 4.78 is 6.72. The summed E-state index contributed by atoms with van der Waals surface area (Å²) in [6.45, 7) is 0. The van der Waals surface area contributed by atoms with Gasteiger partial charge in [0.15, 0.2) is 0 Å². The molecule has 0 bridgehead atoms. The zero-order chi connectivity index (χ0) is 10.7. The third-order valence-corrected chi connectivity index (χ3v) is 2.86. The van der Waals surface area contributed by atoms with E-state index in [9.17, 15) is 0 Å². The monoisotopic (exact) mass is 331 g/mol. The number of hydrogen-bond donors (Lipinski definition) is 0. The Bertz CT molecular complexity index is 476. The lowest BCUT2D eigenvalue weighted by Crippen LogP contribution is -1.87. The number of ether oxygens (including phenoxy) is 1. The van der Waals surface area contributed by atoms with Gasteiger partial charge in [0.2, 0.25) is 0 Å². The van der Waals surface area contributed by atoms with E-state index in [1.807, 2.05) is 24.3 Å². The molecule has 15 heavy (non-hydrogen) atoms. The minimum absolute atomic E-state index is 0.429. The molecule has 0 aliphatic carbocycles. The number of pyridine rings is 1. The molecule has 2 rings (SSSR count). The van der Waals surface area contributed by atoms with Crippen LogP contribution in [0.5, 0.6) is 11.5 Å². The summed E-state index contributed by atoms with van der Waals surface area (Å²) in [6.07, 6.45) is 1.62. The second-order valence-electron chi connectivity index (χ2n) is 2.85. The second kappa shape index (κ2) is 4.81. The highest BCUT2D eigenvalue weighted by atomic mass is 127. The normalized spacial score (nSPS) is 10.0. The molecule has 0 aliphatic rings. The van der Waals surface area contributed by atoms with Gasteiger partial charge in [-0.05, 0) is 40.8 Å². The highest BCUT2D eigenvalue weighted by molar-refractivity contribution is 14.1. The lowest BCUT2D eigenvalue weighted by atomic mass is 10.3. The molecule has 2 nitrogen and oxygen atoms in total. The summed E-state index contributed by atoms with van der Waals surface area (Å²) in [7, 11) is 0. The van der Waals surface area contributed by atoms with Gasteiger partial charge in [0.05, 0.1) is 3.57 Å². The van der Waals surface area contributed by atoms with E-state index in [0.717, 1.165) is 9.32 Å². The van der Waals surface area contributed by atoms with Crippen LogP contribution in [0.2, 0.25) is 5.15 Å². The smallest absolute Gasteiger partial charge is 0.140 e. The van der Waals surface area contributed by atoms with Crippen LogP contribution >= 0.6 is 34.2 Å². The first-order valence-corrected chi connectivity index (χ1v) is 5.75. The largest absolute Gasteiger partial charge is 0.456 e. The Kier molecular flexibility index (Phi) is 3.43. The first-order valence-electron chi connectivity index (χ1n) is 4.29. The fourth-order valence-corrected chi connectivity index (χ4v) is 1.76. The van der Waals surface area contributed by atoms with Crippen LogP contribution in [0.4, 0.5) is 0 Å². The molecule has 0 amide bonds. The lowest BCUT2D eigenvalue weighted by molar-refractivity contribution is 0.478. The zero-order valence-electron chi connectivity index (χ0n) is 7.65. The van der Waals surface area contributed by atoms with E-state index in [-0.39, 0.29) is 0 Å². The third kappa shape index (κ3) is 2.82. The average molecular weight is 332 g/mol. The van der Waals surface area contributed by atoms with Crippen LogP contribution in [0.25, 0.3) is 0 Å². The van der Waals surface area contributed by atoms with Gasteiger partial charge in [-0.1, -0.05) is 23.7 Å². The van der Waals surface area contributed by atoms with Crippen molar-refractivity contribution >= 4 is 34.2 Å². The molecule has 0 N–H and O–H groups in total. The van der Waals surface area contributed by atoms with Crippen molar-refractivity contribution in [3.63, 3.8) is 0 Å². The lowest BCUT2D eigenvalue weighted by Gasteiger charge is -2.06. The Hall–Kier alpha value is -0.810. The van der Waals surface area contributed by atoms with E-state index < -0.39 is 0 Å². The van der Waals surface area contributed by atoms with Crippen molar-refractivity contribution in [1.82, 2.24) is 4.98 Å². The van der Waals surface area contributed by atoms with Crippen molar-refractivity contribution in [3.05, 3.63) is 51.3 Å². The van der Waals surface area contributed by atoms with Crippen molar-refractivity contribution in [1.29, 1.82) is 0 Å². The summed E-state index contributed by atoms with van der Waals surface area (Å²) in [5.74, 6) is 1.51. The molecule has 1 aromatic heterocycles. The summed E-state index contributed by atoms with van der Waals surface area (Å²) in [5.41, 5.74) is 0. The molecule has 0 unspecified atom stereocenters. The summed E-state index contributed by atoms with van der Waals surface area (Å²) >= 11 is 7.98. The van der Waals surface area contributed by atoms with Crippen LogP contribution in [0.15, 0.2) is 42.6 Å². The van der Waals surface area contributed by atoms with E-state index in [0.29, 0.717) is 10.9 Å². The van der Waals surface area contributed by atoms with E-state index in [1.54, 1.807) is 18.3 Å². The molecular weight excluding hydrogens is 324 g/mol. The first kappa shape index (κ1) is 10.7. The van der Waals surface area contributed by atoms with Crippen LogP contribution in [-0.4, -0.2) is 4.98 Å². The minimum Gasteiger partial charge on any atom is -0.456 e. The Balaban J connectivity index is 2.26. The molecule has 1 heterocycles. The van der Waals surface area contributed by atoms with Gasteiger partial charge in [-0.15, -0.1) is 0 Å². The molecule has 4 heteroatoms. The fourth-order valence-electron chi connectivity index (χ4n) is 1.10. The molecular formula is C11H7ClINO. The first-order chi connectivity index (χ1) is 7.25. The maximum Gasteiger partial charge on any atom is 0.140 e. The van der Waals surface area contributed by atoms with Crippen LogP contribution in [0.1, 0.15) is 0 Å². The fraction of sp³-hybridized carbons (Fsp3) is 0. The maximum absolute atomic E-state index is 5.76. The van der Waals surface area contributed by atoms with Crippen molar-refractivity contribution < 1.29 is 4.74 Å². The molecule has 0 spiro atoms. The van der Waals surface area contributed by atoms with Gasteiger partial charge < -0.3 is 4.74 Å². The van der Waals surface area contributed by atoms with Gasteiger partial charge in [-0.2, -0.15) is 0 Å². The van der Waals surface area contributed by atoms with Crippen LogP contribution in [0, 0.1) is 3.57 Å². The number of rotatable bonds is 2. The molecule has 1 aromatic carbocycles. The van der Waals surface area contributed by atoms with Crippen LogP contribution < -0.4 is 4.74 Å². The molecule has 2 aromatic rings. The Morgan fingerprint density at radius 2 is 2.00 bits per heavy atom. The SMILES string of the molecule is Clc1cc(Oc2ccccc2I)ccn1. The molecule has 76 valence electrons. The second-order valence-corrected chi connectivity index (χ2v) is 4.40. The summed E-state index contributed by atoms with van der Waals surface area (Å²) in [4.78, 5) is 3.89. The van der Waals surface area contributed by atoms with E-state index in [1.165, 1.54) is 0 Å².